The lowest BCUT2D eigenvalue weighted by Gasteiger charge is -2.08. The Hall–Kier alpha value is -0.930. The second kappa shape index (κ2) is 4.93. The Morgan fingerprint density at radius 3 is 2.56 bits per heavy atom. The molecule has 1 aliphatic rings. The Kier molecular flexibility index (Phi) is 3.56. The zero-order chi connectivity index (χ0) is 11.5. The van der Waals surface area contributed by atoms with Crippen LogP contribution in [0.1, 0.15) is 12.0 Å². The second-order valence-electron chi connectivity index (χ2n) is 4.16. The van der Waals surface area contributed by atoms with Gasteiger partial charge in [0.2, 0.25) is 0 Å². The molecule has 0 aromatic heterocycles. The zero-order valence-corrected chi connectivity index (χ0v) is 10.5. The van der Waals surface area contributed by atoms with Gasteiger partial charge in [-0.3, -0.25) is 4.79 Å². The molecule has 1 aliphatic carbocycles. The molecule has 2 rings (SSSR count). The van der Waals surface area contributed by atoms with Crippen LogP contribution in [0.2, 0.25) is 0 Å². The van der Waals surface area contributed by atoms with E-state index in [1.807, 2.05) is 36.4 Å². The molecule has 2 N–H and O–H groups in total. The minimum Gasteiger partial charge on any atom is -0.324 e. The van der Waals surface area contributed by atoms with E-state index in [-0.39, 0.29) is 17.7 Å². The maximum atomic E-state index is 11.9. The SMILES string of the molecule is NC1C=CC(C(=O)Cc2ccc(Br)cc2)C1. The number of rotatable bonds is 3. The number of halogens is 1. The number of Topliss-reactive ketones (excluding diaryl/α,β-unsaturated/α-hetero) is 1. The van der Waals surface area contributed by atoms with E-state index < -0.39 is 0 Å². The quantitative estimate of drug-likeness (QED) is 0.864. The van der Waals surface area contributed by atoms with E-state index in [9.17, 15) is 4.79 Å². The van der Waals surface area contributed by atoms with Crippen LogP contribution in [0, 0.1) is 5.92 Å². The molecule has 2 nitrogen and oxygen atoms in total. The maximum absolute atomic E-state index is 11.9. The standard InChI is InChI=1S/C13H14BrNO/c14-11-4-1-9(2-5-11)7-13(16)10-3-6-12(15)8-10/h1-6,10,12H,7-8,15H2. The predicted molar refractivity (Wildman–Crippen MR) is 68.1 cm³/mol. The molecule has 0 aliphatic heterocycles. The molecule has 16 heavy (non-hydrogen) atoms. The molecule has 0 radical (unpaired) electrons. The third-order valence-corrected chi connectivity index (χ3v) is 3.35. The van der Waals surface area contributed by atoms with E-state index in [2.05, 4.69) is 15.9 Å². The maximum Gasteiger partial charge on any atom is 0.144 e. The number of nitrogens with two attached hydrogens (primary N) is 1. The highest BCUT2D eigenvalue weighted by Crippen LogP contribution is 2.20. The summed E-state index contributed by atoms with van der Waals surface area (Å²) in [6, 6.07) is 7.91. The number of carbonyl (C=O) groups excluding carboxylic acids is 1. The highest BCUT2D eigenvalue weighted by Gasteiger charge is 2.22. The molecule has 1 aromatic rings. The summed E-state index contributed by atoms with van der Waals surface area (Å²) in [4.78, 5) is 11.9. The lowest BCUT2D eigenvalue weighted by molar-refractivity contribution is -0.120. The summed E-state index contributed by atoms with van der Waals surface area (Å²) in [6.07, 6.45) is 5.11. The first kappa shape index (κ1) is 11.6. The molecule has 84 valence electrons. The summed E-state index contributed by atoms with van der Waals surface area (Å²) in [7, 11) is 0. The van der Waals surface area contributed by atoms with Gasteiger partial charge in [-0.2, -0.15) is 0 Å². The van der Waals surface area contributed by atoms with E-state index in [0.717, 1.165) is 16.5 Å². The van der Waals surface area contributed by atoms with Gasteiger partial charge in [0.05, 0.1) is 0 Å². The molecular formula is C13H14BrNO. The lowest BCUT2D eigenvalue weighted by atomic mass is 9.97. The van der Waals surface area contributed by atoms with Gasteiger partial charge in [0.1, 0.15) is 5.78 Å². The van der Waals surface area contributed by atoms with E-state index >= 15 is 0 Å². The van der Waals surface area contributed by atoms with Crippen LogP contribution < -0.4 is 5.73 Å². The average Bonchev–Trinajstić information content (AvgIpc) is 2.68. The number of ketones is 1. The van der Waals surface area contributed by atoms with Crippen molar-refractivity contribution in [2.45, 2.75) is 18.9 Å². The van der Waals surface area contributed by atoms with Crippen LogP contribution in [0.25, 0.3) is 0 Å². The van der Waals surface area contributed by atoms with Crippen LogP contribution in [0.15, 0.2) is 40.9 Å². The van der Waals surface area contributed by atoms with Crippen LogP contribution in [-0.4, -0.2) is 11.8 Å². The number of allylic oxidation sites excluding steroid dienone is 1. The smallest absolute Gasteiger partial charge is 0.144 e. The van der Waals surface area contributed by atoms with Gasteiger partial charge < -0.3 is 5.73 Å². The number of hydrogen-bond donors (Lipinski definition) is 1. The summed E-state index contributed by atoms with van der Waals surface area (Å²) < 4.78 is 1.03. The largest absolute Gasteiger partial charge is 0.324 e. The van der Waals surface area contributed by atoms with Gasteiger partial charge in [-0.05, 0) is 24.1 Å². The van der Waals surface area contributed by atoms with Crippen molar-refractivity contribution in [3.05, 3.63) is 46.5 Å². The fraction of sp³-hybridized carbons (Fsp3) is 0.308. The van der Waals surface area contributed by atoms with E-state index in [1.54, 1.807) is 0 Å². The third kappa shape index (κ3) is 2.80. The molecule has 0 spiro atoms. The van der Waals surface area contributed by atoms with Gasteiger partial charge >= 0.3 is 0 Å². The molecule has 2 unspecified atom stereocenters. The summed E-state index contributed by atoms with van der Waals surface area (Å²) >= 11 is 3.37. The van der Waals surface area contributed by atoms with Gasteiger partial charge in [-0.1, -0.05) is 40.2 Å². The molecule has 0 saturated carbocycles. The minimum atomic E-state index is 0.0126. The summed E-state index contributed by atoms with van der Waals surface area (Å²) in [5.74, 6) is 0.269. The summed E-state index contributed by atoms with van der Waals surface area (Å²) in [5.41, 5.74) is 6.79. The first-order valence-electron chi connectivity index (χ1n) is 5.36. The number of benzene rings is 1. The highest BCUT2D eigenvalue weighted by atomic mass is 79.9. The van der Waals surface area contributed by atoms with Crippen molar-refractivity contribution in [1.82, 2.24) is 0 Å². The van der Waals surface area contributed by atoms with Crippen molar-refractivity contribution in [3.8, 4) is 0 Å². The third-order valence-electron chi connectivity index (χ3n) is 2.82. The van der Waals surface area contributed by atoms with Crippen LogP contribution in [0.5, 0.6) is 0 Å². The molecule has 1 aromatic carbocycles. The average molecular weight is 280 g/mol. The van der Waals surface area contributed by atoms with Gasteiger partial charge in [0.25, 0.3) is 0 Å². The van der Waals surface area contributed by atoms with Crippen molar-refractivity contribution >= 4 is 21.7 Å². The van der Waals surface area contributed by atoms with Crippen molar-refractivity contribution in [2.24, 2.45) is 11.7 Å². The van der Waals surface area contributed by atoms with Crippen LogP contribution in [-0.2, 0) is 11.2 Å². The molecule has 0 saturated heterocycles. The first-order chi connectivity index (χ1) is 7.65. The Morgan fingerprint density at radius 1 is 1.31 bits per heavy atom. The number of carbonyl (C=O) groups is 1. The molecule has 0 amide bonds. The topological polar surface area (TPSA) is 43.1 Å². The van der Waals surface area contributed by atoms with E-state index in [0.29, 0.717) is 6.42 Å². The Morgan fingerprint density at radius 2 is 2.00 bits per heavy atom. The van der Waals surface area contributed by atoms with Crippen molar-refractivity contribution in [3.63, 3.8) is 0 Å². The monoisotopic (exact) mass is 279 g/mol. The summed E-state index contributed by atoms with van der Waals surface area (Å²) in [5, 5.41) is 0. The Labute approximate surface area is 104 Å². The normalized spacial score (nSPS) is 23.6. The van der Waals surface area contributed by atoms with E-state index in [1.165, 1.54) is 0 Å². The van der Waals surface area contributed by atoms with Gasteiger partial charge in [-0.25, -0.2) is 0 Å². The Bertz CT molecular complexity index is 410. The van der Waals surface area contributed by atoms with Crippen molar-refractivity contribution in [2.75, 3.05) is 0 Å². The van der Waals surface area contributed by atoms with Gasteiger partial charge in [0, 0.05) is 22.9 Å². The highest BCUT2D eigenvalue weighted by molar-refractivity contribution is 9.10. The molecule has 2 atom stereocenters. The van der Waals surface area contributed by atoms with Crippen LogP contribution in [0.4, 0.5) is 0 Å². The first-order valence-corrected chi connectivity index (χ1v) is 6.15. The molecule has 3 heteroatoms. The Balaban J connectivity index is 1.97. The van der Waals surface area contributed by atoms with Crippen LogP contribution >= 0.6 is 15.9 Å². The fourth-order valence-electron chi connectivity index (χ4n) is 1.90. The second-order valence-corrected chi connectivity index (χ2v) is 5.08. The van der Waals surface area contributed by atoms with Crippen molar-refractivity contribution < 1.29 is 4.79 Å². The number of hydrogen-bond acceptors (Lipinski definition) is 2. The van der Waals surface area contributed by atoms with Gasteiger partial charge in [-0.15, -0.1) is 0 Å². The molecule has 0 heterocycles. The molecular weight excluding hydrogens is 266 g/mol. The predicted octanol–water partition coefficient (Wildman–Crippen LogP) is 2.46. The summed E-state index contributed by atoms with van der Waals surface area (Å²) in [6.45, 7) is 0. The van der Waals surface area contributed by atoms with Crippen LogP contribution in [0.3, 0.4) is 0 Å². The molecule has 0 fully saturated rings. The lowest BCUT2D eigenvalue weighted by Crippen LogP contribution is -2.20. The minimum absolute atomic E-state index is 0.0126. The van der Waals surface area contributed by atoms with E-state index in [4.69, 9.17) is 5.73 Å². The zero-order valence-electron chi connectivity index (χ0n) is 8.90. The molecule has 0 bridgehead atoms. The van der Waals surface area contributed by atoms with Gasteiger partial charge in [0.15, 0.2) is 0 Å². The fourth-order valence-corrected chi connectivity index (χ4v) is 2.16. The van der Waals surface area contributed by atoms with Crippen molar-refractivity contribution in [1.29, 1.82) is 0 Å².